The number of carboxylic acids is 1. The van der Waals surface area contributed by atoms with E-state index in [9.17, 15) is 14.4 Å². The molecule has 3 rings (SSSR count). The Balaban J connectivity index is 1.57. The number of alkyl carbamates (subject to hydrolysis) is 1. The molecule has 3 N–H and O–H groups in total. The fourth-order valence-corrected chi connectivity index (χ4v) is 4.32. The summed E-state index contributed by atoms with van der Waals surface area (Å²) >= 11 is 0. The highest BCUT2D eigenvalue weighted by atomic mass is 16.5. The molecule has 34 heavy (non-hydrogen) atoms. The van der Waals surface area contributed by atoms with E-state index in [2.05, 4.69) is 34.9 Å². The van der Waals surface area contributed by atoms with Crippen LogP contribution in [0.5, 0.6) is 0 Å². The summed E-state index contributed by atoms with van der Waals surface area (Å²) in [6.07, 6.45) is 1.11. The van der Waals surface area contributed by atoms with E-state index in [0.717, 1.165) is 22.3 Å². The lowest BCUT2D eigenvalue weighted by Gasteiger charge is -2.24. The average molecular weight is 467 g/mol. The molecule has 0 radical (unpaired) electrons. The standard InChI is InChI=1S/C27H34N2O5/c1-4-17(2)24(25(30)28-15-9-10-18(3)26(31)32)29-27(33)34-16-23-21-13-7-5-11-19(21)20-12-6-8-14-22(20)23/h5-8,11-14,17-18,23-24H,4,9-10,15-16H2,1-3H3,(H,28,30)(H,29,33)(H,31,32). The molecule has 2 aromatic carbocycles. The number of hydrogen-bond acceptors (Lipinski definition) is 4. The summed E-state index contributed by atoms with van der Waals surface area (Å²) in [5.74, 6) is -1.73. The van der Waals surface area contributed by atoms with Gasteiger partial charge in [-0.15, -0.1) is 0 Å². The third-order valence-corrected chi connectivity index (χ3v) is 6.65. The fraction of sp³-hybridized carbons (Fsp3) is 0.444. The van der Waals surface area contributed by atoms with Gasteiger partial charge in [0.05, 0.1) is 5.92 Å². The Morgan fingerprint density at radius 3 is 2.15 bits per heavy atom. The monoisotopic (exact) mass is 466 g/mol. The van der Waals surface area contributed by atoms with Crippen LogP contribution in [0.3, 0.4) is 0 Å². The van der Waals surface area contributed by atoms with Gasteiger partial charge in [0, 0.05) is 12.5 Å². The topological polar surface area (TPSA) is 105 Å². The van der Waals surface area contributed by atoms with Crippen LogP contribution in [-0.2, 0) is 14.3 Å². The summed E-state index contributed by atoms with van der Waals surface area (Å²) in [6.45, 7) is 6.04. The predicted molar refractivity (Wildman–Crippen MR) is 130 cm³/mol. The Kier molecular flexibility index (Phi) is 8.68. The van der Waals surface area contributed by atoms with E-state index in [-0.39, 0.29) is 24.3 Å². The van der Waals surface area contributed by atoms with Crippen LogP contribution in [0.25, 0.3) is 11.1 Å². The molecule has 7 nitrogen and oxygen atoms in total. The van der Waals surface area contributed by atoms with Gasteiger partial charge in [-0.1, -0.05) is 75.7 Å². The number of ether oxygens (including phenoxy) is 1. The zero-order valence-corrected chi connectivity index (χ0v) is 20.0. The van der Waals surface area contributed by atoms with Crippen molar-refractivity contribution in [3.8, 4) is 11.1 Å². The van der Waals surface area contributed by atoms with Gasteiger partial charge in [-0.3, -0.25) is 9.59 Å². The number of carbonyl (C=O) groups is 3. The first kappa shape index (κ1) is 25.3. The molecule has 7 heteroatoms. The summed E-state index contributed by atoms with van der Waals surface area (Å²) < 4.78 is 5.60. The SMILES string of the molecule is CCC(C)C(NC(=O)OCC1c2ccccc2-c2ccccc21)C(=O)NCCCC(C)C(=O)O. The molecule has 2 amide bonds. The van der Waals surface area contributed by atoms with Crippen LogP contribution in [-0.4, -0.2) is 42.3 Å². The van der Waals surface area contributed by atoms with Crippen molar-refractivity contribution in [2.45, 2.75) is 52.0 Å². The second-order valence-electron chi connectivity index (χ2n) is 9.01. The van der Waals surface area contributed by atoms with Crippen molar-refractivity contribution in [3.05, 3.63) is 59.7 Å². The summed E-state index contributed by atoms with van der Waals surface area (Å²) in [4.78, 5) is 36.4. The van der Waals surface area contributed by atoms with Gasteiger partial charge >= 0.3 is 12.1 Å². The largest absolute Gasteiger partial charge is 0.481 e. The van der Waals surface area contributed by atoms with E-state index in [1.165, 1.54) is 0 Å². The van der Waals surface area contributed by atoms with E-state index < -0.39 is 24.0 Å². The molecular weight excluding hydrogens is 432 g/mol. The molecule has 0 saturated heterocycles. The second kappa shape index (κ2) is 11.7. The number of hydrogen-bond donors (Lipinski definition) is 3. The van der Waals surface area contributed by atoms with Gasteiger partial charge in [-0.25, -0.2) is 4.79 Å². The first-order chi connectivity index (χ1) is 16.3. The number of nitrogens with one attached hydrogen (secondary N) is 2. The predicted octanol–water partition coefficient (Wildman–Crippen LogP) is 4.56. The molecule has 182 valence electrons. The highest BCUT2D eigenvalue weighted by Gasteiger charge is 2.30. The summed E-state index contributed by atoms with van der Waals surface area (Å²) in [6, 6.07) is 15.5. The Morgan fingerprint density at radius 1 is 1.00 bits per heavy atom. The van der Waals surface area contributed by atoms with E-state index in [4.69, 9.17) is 9.84 Å². The number of benzene rings is 2. The minimum absolute atomic E-state index is 0.0507. The number of aliphatic carboxylic acids is 1. The maximum Gasteiger partial charge on any atom is 0.407 e. The molecular formula is C27H34N2O5. The number of fused-ring (bicyclic) bond motifs is 3. The number of carbonyl (C=O) groups excluding carboxylic acids is 2. The zero-order chi connectivity index (χ0) is 24.7. The van der Waals surface area contributed by atoms with Crippen molar-refractivity contribution in [2.24, 2.45) is 11.8 Å². The molecule has 3 unspecified atom stereocenters. The molecule has 0 aromatic heterocycles. The van der Waals surface area contributed by atoms with Crippen molar-refractivity contribution in [2.75, 3.05) is 13.2 Å². The minimum atomic E-state index is -0.847. The van der Waals surface area contributed by atoms with Gasteiger partial charge in [0.2, 0.25) is 5.91 Å². The van der Waals surface area contributed by atoms with Gasteiger partial charge in [0.1, 0.15) is 12.6 Å². The number of amides is 2. The highest BCUT2D eigenvalue weighted by molar-refractivity contribution is 5.86. The molecule has 0 heterocycles. The number of carboxylic acid groups (broad SMARTS) is 1. The molecule has 1 aliphatic carbocycles. The molecule has 1 aliphatic rings. The maximum atomic E-state index is 12.7. The van der Waals surface area contributed by atoms with Crippen LogP contribution < -0.4 is 10.6 Å². The Bertz CT molecular complexity index is 976. The number of rotatable bonds is 11. The van der Waals surface area contributed by atoms with Gasteiger partial charge in [-0.05, 0) is 41.0 Å². The lowest BCUT2D eigenvalue weighted by atomic mass is 9.98. The third kappa shape index (κ3) is 5.95. The highest BCUT2D eigenvalue weighted by Crippen LogP contribution is 2.44. The van der Waals surface area contributed by atoms with Crippen LogP contribution >= 0.6 is 0 Å². The van der Waals surface area contributed by atoms with Crippen molar-refractivity contribution < 1.29 is 24.2 Å². The molecule has 2 aromatic rings. The normalized spacial score (nSPS) is 14.9. The summed E-state index contributed by atoms with van der Waals surface area (Å²) in [7, 11) is 0. The summed E-state index contributed by atoms with van der Waals surface area (Å²) in [5, 5.41) is 14.5. The van der Waals surface area contributed by atoms with Crippen LogP contribution in [0.2, 0.25) is 0 Å². The van der Waals surface area contributed by atoms with E-state index in [1.54, 1.807) is 6.92 Å². The molecule has 0 fully saturated rings. The van der Waals surface area contributed by atoms with Gasteiger partial charge < -0.3 is 20.5 Å². The minimum Gasteiger partial charge on any atom is -0.481 e. The Hall–Kier alpha value is -3.35. The molecule has 0 bridgehead atoms. The van der Waals surface area contributed by atoms with Gasteiger partial charge in [-0.2, -0.15) is 0 Å². The smallest absolute Gasteiger partial charge is 0.407 e. The van der Waals surface area contributed by atoms with Crippen molar-refractivity contribution in [1.29, 1.82) is 0 Å². The van der Waals surface area contributed by atoms with Gasteiger partial charge in [0.15, 0.2) is 0 Å². The van der Waals surface area contributed by atoms with Crippen molar-refractivity contribution in [1.82, 2.24) is 10.6 Å². The van der Waals surface area contributed by atoms with Crippen molar-refractivity contribution in [3.63, 3.8) is 0 Å². The second-order valence-corrected chi connectivity index (χ2v) is 9.01. The van der Waals surface area contributed by atoms with E-state index in [0.29, 0.717) is 25.8 Å². The van der Waals surface area contributed by atoms with E-state index in [1.807, 2.05) is 38.1 Å². The molecule has 0 aliphatic heterocycles. The Labute approximate surface area is 200 Å². The summed E-state index contributed by atoms with van der Waals surface area (Å²) in [5.41, 5.74) is 4.56. The third-order valence-electron chi connectivity index (χ3n) is 6.65. The quantitative estimate of drug-likeness (QED) is 0.421. The Morgan fingerprint density at radius 2 is 1.59 bits per heavy atom. The molecule has 0 spiro atoms. The fourth-order valence-electron chi connectivity index (χ4n) is 4.32. The molecule has 0 saturated carbocycles. The molecule has 3 atom stereocenters. The van der Waals surface area contributed by atoms with Crippen LogP contribution in [0.4, 0.5) is 4.79 Å². The first-order valence-corrected chi connectivity index (χ1v) is 12.0. The van der Waals surface area contributed by atoms with E-state index >= 15 is 0 Å². The van der Waals surface area contributed by atoms with Crippen molar-refractivity contribution >= 4 is 18.0 Å². The van der Waals surface area contributed by atoms with Crippen LogP contribution in [0, 0.1) is 11.8 Å². The lowest BCUT2D eigenvalue weighted by molar-refractivity contribution is -0.141. The maximum absolute atomic E-state index is 12.7. The first-order valence-electron chi connectivity index (χ1n) is 12.0. The zero-order valence-electron chi connectivity index (χ0n) is 20.0. The van der Waals surface area contributed by atoms with Crippen LogP contribution in [0.1, 0.15) is 57.1 Å². The average Bonchev–Trinajstić information content (AvgIpc) is 3.16. The lowest BCUT2D eigenvalue weighted by Crippen LogP contribution is -2.50. The van der Waals surface area contributed by atoms with Gasteiger partial charge in [0.25, 0.3) is 0 Å². The van der Waals surface area contributed by atoms with Crippen LogP contribution in [0.15, 0.2) is 48.5 Å².